The summed E-state index contributed by atoms with van der Waals surface area (Å²) in [6, 6.07) is 74.8. The van der Waals surface area contributed by atoms with E-state index in [0.29, 0.717) is 17.5 Å². The Hall–Kier alpha value is -8.41. The third-order valence-electron chi connectivity index (χ3n) is 12.9. The van der Waals surface area contributed by atoms with Gasteiger partial charge in [-0.3, -0.25) is 0 Å². The molecule has 0 amide bonds. The number of furan rings is 2. The lowest BCUT2D eigenvalue weighted by molar-refractivity contribution is 0.668. The van der Waals surface area contributed by atoms with Crippen LogP contribution in [-0.4, -0.2) is 15.0 Å². The Kier molecular flexibility index (Phi) is 7.75. The van der Waals surface area contributed by atoms with Crippen LogP contribution in [0.25, 0.3) is 100 Å². The van der Waals surface area contributed by atoms with Crippen LogP contribution in [-0.2, 0) is 5.41 Å². The summed E-state index contributed by atoms with van der Waals surface area (Å²) in [6.45, 7) is 0. The van der Waals surface area contributed by atoms with Crippen LogP contribution in [0, 0.1) is 0 Å². The SMILES string of the molecule is c1ccc(-c2nc(-c3ccc(-c4ccc(C5(c6ccc7oc8ccccc8c7c6)c6ccccc6-c6ccccc65)cc4)cc3)nc(-c3cccc4c3oc3ccccc34)n2)cc1. The smallest absolute Gasteiger partial charge is 0.167 e. The highest BCUT2D eigenvalue weighted by Crippen LogP contribution is 2.56. The van der Waals surface area contributed by atoms with Gasteiger partial charge in [0.25, 0.3) is 0 Å². The second-order valence-corrected chi connectivity index (χ2v) is 16.3. The van der Waals surface area contributed by atoms with Gasteiger partial charge in [-0.2, -0.15) is 0 Å². The zero-order valence-electron chi connectivity index (χ0n) is 33.9. The van der Waals surface area contributed by atoms with Crippen molar-refractivity contribution < 1.29 is 8.83 Å². The second-order valence-electron chi connectivity index (χ2n) is 16.3. The fourth-order valence-corrected chi connectivity index (χ4v) is 9.97. The molecule has 0 N–H and O–H groups in total. The highest BCUT2D eigenvalue weighted by atomic mass is 16.3. The summed E-state index contributed by atoms with van der Waals surface area (Å²) in [7, 11) is 0. The molecule has 5 heteroatoms. The minimum atomic E-state index is -0.540. The van der Waals surface area contributed by atoms with Crippen molar-refractivity contribution in [1.82, 2.24) is 15.0 Å². The molecule has 0 bridgehead atoms. The van der Waals surface area contributed by atoms with Crippen LogP contribution >= 0.6 is 0 Å². The van der Waals surface area contributed by atoms with Crippen LogP contribution in [0.3, 0.4) is 0 Å². The van der Waals surface area contributed by atoms with E-state index in [1.54, 1.807) is 0 Å². The fourth-order valence-electron chi connectivity index (χ4n) is 9.97. The molecule has 0 fully saturated rings. The number of benzene rings is 9. The fraction of sp³-hybridized carbons (Fsp3) is 0.0172. The van der Waals surface area contributed by atoms with Crippen molar-refractivity contribution in [2.75, 3.05) is 0 Å². The van der Waals surface area contributed by atoms with Crippen molar-refractivity contribution >= 4 is 43.9 Å². The number of aromatic nitrogens is 3. The molecule has 294 valence electrons. The summed E-state index contributed by atoms with van der Waals surface area (Å²) in [6.07, 6.45) is 0. The normalized spacial score (nSPS) is 12.9. The van der Waals surface area contributed by atoms with Gasteiger partial charge in [-0.15, -0.1) is 0 Å². The predicted molar refractivity (Wildman–Crippen MR) is 253 cm³/mol. The standard InChI is InChI=1S/C58H35N3O2/c1-2-13-38(14-3-1)55-59-56(61-57(60-55)47-20-12-19-46-44-17-6-11-24-52(44)63-54(46)47)39-27-25-36(26-28-39)37-29-31-40(32-30-37)58(49-21-8-4-15-42(49)43-16-5-9-22-50(43)58)41-33-34-53-48(35-41)45-18-7-10-23-51(45)62-53/h1-35H. The summed E-state index contributed by atoms with van der Waals surface area (Å²) in [5.74, 6) is 1.76. The first-order chi connectivity index (χ1) is 31.2. The number of fused-ring (bicyclic) bond motifs is 9. The molecule has 0 saturated heterocycles. The lowest BCUT2D eigenvalue weighted by Crippen LogP contribution is -2.28. The molecule has 0 saturated carbocycles. The van der Waals surface area contributed by atoms with Gasteiger partial charge in [0.15, 0.2) is 17.5 Å². The Morgan fingerprint density at radius 3 is 1.48 bits per heavy atom. The molecule has 1 aliphatic rings. The Labute approximate surface area is 362 Å². The molecule has 0 aliphatic heterocycles. The number of hydrogen-bond donors (Lipinski definition) is 0. The molecule has 0 atom stereocenters. The summed E-state index contributed by atoms with van der Waals surface area (Å²) in [4.78, 5) is 15.1. The van der Waals surface area contributed by atoms with Gasteiger partial charge in [0.1, 0.15) is 22.3 Å². The van der Waals surface area contributed by atoms with Gasteiger partial charge >= 0.3 is 0 Å². The average Bonchev–Trinajstić information content (AvgIpc) is 4.03. The molecule has 0 spiro atoms. The third-order valence-corrected chi connectivity index (χ3v) is 12.9. The van der Waals surface area contributed by atoms with E-state index in [-0.39, 0.29) is 0 Å². The molecular formula is C58H35N3O2. The molecular weight excluding hydrogens is 771 g/mol. The van der Waals surface area contributed by atoms with Crippen LogP contribution in [0.1, 0.15) is 22.3 Å². The highest BCUT2D eigenvalue weighted by Gasteiger charge is 2.46. The number of rotatable bonds is 6. The molecule has 9 aromatic carbocycles. The van der Waals surface area contributed by atoms with Crippen LogP contribution in [0.2, 0.25) is 0 Å². The summed E-state index contributed by atoms with van der Waals surface area (Å²) in [5, 5.41) is 4.33. The molecule has 1 aliphatic carbocycles. The van der Waals surface area contributed by atoms with Crippen LogP contribution in [0.15, 0.2) is 221 Å². The molecule has 0 radical (unpaired) electrons. The van der Waals surface area contributed by atoms with Crippen LogP contribution in [0.4, 0.5) is 0 Å². The minimum Gasteiger partial charge on any atom is -0.456 e. The zero-order chi connectivity index (χ0) is 41.5. The minimum absolute atomic E-state index is 0.540. The van der Waals surface area contributed by atoms with Crippen LogP contribution in [0.5, 0.6) is 0 Å². The molecule has 12 aromatic rings. The molecule has 13 rings (SSSR count). The second kappa shape index (κ2) is 13.8. The van der Waals surface area contributed by atoms with Gasteiger partial charge in [0, 0.05) is 32.7 Å². The number of hydrogen-bond acceptors (Lipinski definition) is 5. The molecule has 5 nitrogen and oxygen atoms in total. The van der Waals surface area contributed by atoms with E-state index in [4.69, 9.17) is 23.8 Å². The summed E-state index contributed by atoms with van der Waals surface area (Å²) in [5.41, 5.74) is 15.2. The van der Waals surface area contributed by atoms with Crippen molar-refractivity contribution in [3.05, 3.63) is 235 Å². The lowest BCUT2D eigenvalue weighted by Gasteiger charge is -2.34. The molecule has 0 unspecified atom stereocenters. The maximum atomic E-state index is 6.43. The van der Waals surface area contributed by atoms with Gasteiger partial charge in [-0.1, -0.05) is 182 Å². The molecule has 63 heavy (non-hydrogen) atoms. The van der Waals surface area contributed by atoms with E-state index in [1.807, 2.05) is 72.8 Å². The van der Waals surface area contributed by atoms with Crippen molar-refractivity contribution in [3.8, 4) is 56.4 Å². The summed E-state index contributed by atoms with van der Waals surface area (Å²) < 4.78 is 12.7. The maximum absolute atomic E-state index is 6.43. The van der Waals surface area contributed by atoms with E-state index >= 15 is 0 Å². The lowest BCUT2D eigenvalue weighted by atomic mass is 9.67. The Balaban J connectivity index is 0.913. The first-order valence-electron chi connectivity index (χ1n) is 21.3. The van der Waals surface area contributed by atoms with Crippen molar-refractivity contribution in [3.63, 3.8) is 0 Å². The number of nitrogens with zero attached hydrogens (tertiary/aromatic N) is 3. The first kappa shape index (κ1) is 35.4. The van der Waals surface area contributed by atoms with Gasteiger partial charge in [0.2, 0.25) is 0 Å². The molecule has 3 aromatic heterocycles. The quantitative estimate of drug-likeness (QED) is 0.167. The predicted octanol–water partition coefficient (Wildman–Crippen LogP) is 14.7. The van der Waals surface area contributed by atoms with E-state index in [1.165, 1.54) is 33.4 Å². The van der Waals surface area contributed by atoms with Gasteiger partial charge in [-0.05, 0) is 74.8 Å². The summed E-state index contributed by atoms with van der Waals surface area (Å²) >= 11 is 0. The van der Waals surface area contributed by atoms with Gasteiger partial charge in [0.05, 0.1) is 11.0 Å². The van der Waals surface area contributed by atoms with E-state index in [0.717, 1.165) is 71.7 Å². The Morgan fingerprint density at radius 2 is 0.778 bits per heavy atom. The monoisotopic (exact) mass is 805 g/mol. The maximum Gasteiger partial charge on any atom is 0.167 e. The van der Waals surface area contributed by atoms with Crippen molar-refractivity contribution in [1.29, 1.82) is 0 Å². The van der Waals surface area contributed by atoms with Gasteiger partial charge < -0.3 is 8.83 Å². The largest absolute Gasteiger partial charge is 0.456 e. The van der Waals surface area contributed by atoms with E-state index in [9.17, 15) is 0 Å². The van der Waals surface area contributed by atoms with Crippen molar-refractivity contribution in [2.24, 2.45) is 0 Å². The van der Waals surface area contributed by atoms with Crippen molar-refractivity contribution in [2.45, 2.75) is 5.41 Å². The third kappa shape index (κ3) is 5.40. The topological polar surface area (TPSA) is 65.0 Å². The Bertz CT molecular complexity index is 3690. The van der Waals surface area contributed by atoms with Gasteiger partial charge in [-0.25, -0.2) is 15.0 Å². The van der Waals surface area contributed by atoms with E-state index in [2.05, 4.69) is 140 Å². The first-order valence-corrected chi connectivity index (χ1v) is 21.3. The zero-order valence-corrected chi connectivity index (χ0v) is 33.9. The Morgan fingerprint density at radius 1 is 0.302 bits per heavy atom. The highest BCUT2D eigenvalue weighted by molar-refractivity contribution is 6.09. The van der Waals surface area contributed by atoms with Crippen LogP contribution < -0.4 is 0 Å². The number of para-hydroxylation sites is 3. The van der Waals surface area contributed by atoms with E-state index < -0.39 is 5.41 Å². The molecule has 3 heterocycles. The average molecular weight is 806 g/mol.